The summed E-state index contributed by atoms with van der Waals surface area (Å²) in [6.07, 6.45) is 1.01. The number of carbonyl (C=O) groups is 3. The lowest BCUT2D eigenvalue weighted by Gasteiger charge is -2.34. The molecule has 3 aliphatic rings. The van der Waals surface area contributed by atoms with Gasteiger partial charge in [-0.1, -0.05) is 58.4 Å². The molecule has 3 heterocycles. The Labute approximate surface area is 231 Å². The second-order valence-corrected chi connectivity index (χ2v) is 11.8. The van der Waals surface area contributed by atoms with Crippen molar-refractivity contribution in [1.29, 1.82) is 0 Å². The molecule has 0 radical (unpaired) electrons. The zero-order valence-corrected chi connectivity index (χ0v) is 23.2. The van der Waals surface area contributed by atoms with E-state index in [-0.39, 0.29) is 29.2 Å². The number of aliphatic hydroxyl groups is 1. The standard InChI is InChI=1S/C29H34BrN3O5/c1-17-10-11-18(2)21(14-17)32-27(36)25-29-15-20(30)24(38-29)22(23(29)28(37)33(25)12-6-7-13-34)26(35)31-16-19-8-4-3-5-9-19/h3-5,8-11,14,20,22-25,34H,6-7,12-13,15-16H2,1-2H3,(H,31,35)(H,32,36)/t20?,22-,23-,24-,25?,29?/m0/s1. The van der Waals surface area contributed by atoms with Crippen LogP contribution in [0.2, 0.25) is 0 Å². The molecule has 3 aliphatic heterocycles. The van der Waals surface area contributed by atoms with Gasteiger partial charge in [-0.3, -0.25) is 14.4 Å². The number of carbonyl (C=O) groups excluding carboxylic acids is 3. The summed E-state index contributed by atoms with van der Waals surface area (Å²) in [5.41, 5.74) is 2.48. The third-order valence-electron chi connectivity index (χ3n) is 8.11. The van der Waals surface area contributed by atoms with E-state index in [9.17, 15) is 19.5 Å². The molecular weight excluding hydrogens is 550 g/mol. The highest BCUT2D eigenvalue weighted by molar-refractivity contribution is 9.09. The van der Waals surface area contributed by atoms with E-state index in [1.54, 1.807) is 4.90 Å². The molecule has 5 rings (SSSR count). The molecule has 3 saturated heterocycles. The molecule has 0 saturated carbocycles. The Morgan fingerprint density at radius 3 is 2.63 bits per heavy atom. The zero-order chi connectivity index (χ0) is 27.0. The molecule has 3 N–H and O–H groups in total. The predicted molar refractivity (Wildman–Crippen MR) is 147 cm³/mol. The number of nitrogens with one attached hydrogen (secondary N) is 2. The zero-order valence-electron chi connectivity index (χ0n) is 21.7. The van der Waals surface area contributed by atoms with Crippen LogP contribution < -0.4 is 10.6 Å². The van der Waals surface area contributed by atoms with E-state index in [2.05, 4.69) is 26.6 Å². The number of unbranched alkanes of at least 4 members (excludes halogenated alkanes) is 1. The van der Waals surface area contributed by atoms with Gasteiger partial charge in [-0.2, -0.15) is 0 Å². The van der Waals surface area contributed by atoms with Crippen molar-refractivity contribution < 1.29 is 24.2 Å². The number of hydrogen-bond donors (Lipinski definition) is 3. The molecule has 0 aromatic heterocycles. The highest BCUT2D eigenvalue weighted by Gasteiger charge is 2.76. The smallest absolute Gasteiger partial charge is 0.250 e. The van der Waals surface area contributed by atoms with Crippen molar-refractivity contribution in [2.45, 2.75) is 62.2 Å². The SMILES string of the molecule is Cc1ccc(C)c(NC(=O)C2N(CCCCO)C(=O)[C@@H]3[C@H](C(=O)NCc4ccccc4)[C@H]4OC23CC4Br)c1. The van der Waals surface area contributed by atoms with Gasteiger partial charge in [0.05, 0.1) is 17.9 Å². The van der Waals surface area contributed by atoms with Crippen LogP contribution in [0.15, 0.2) is 48.5 Å². The molecule has 9 heteroatoms. The average molecular weight is 585 g/mol. The Hall–Kier alpha value is -2.75. The number of hydrogen-bond acceptors (Lipinski definition) is 5. The predicted octanol–water partition coefficient (Wildman–Crippen LogP) is 3.08. The molecule has 6 atom stereocenters. The van der Waals surface area contributed by atoms with Gasteiger partial charge in [0.2, 0.25) is 17.7 Å². The normalized spacial score (nSPS) is 29.4. The number of halogens is 1. The van der Waals surface area contributed by atoms with Crippen LogP contribution in [0.25, 0.3) is 0 Å². The van der Waals surface area contributed by atoms with Gasteiger partial charge in [0, 0.05) is 30.2 Å². The molecule has 38 heavy (non-hydrogen) atoms. The fourth-order valence-electron chi connectivity index (χ4n) is 6.34. The first-order valence-corrected chi connectivity index (χ1v) is 14.1. The maximum absolute atomic E-state index is 14.0. The number of anilines is 1. The lowest BCUT2D eigenvalue weighted by Crippen LogP contribution is -2.54. The van der Waals surface area contributed by atoms with Gasteiger partial charge in [-0.05, 0) is 55.9 Å². The summed E-state index contributed by atoms with van der Waals surface area (Å²) in [5.74, 6) is -2.24. The number of benzene rings is 2. The lowest BCUT2D eigenvalue weighted by molar-refractivity contribution is -0.140. The number of ether oxygens (including phenoxy) is 1. The lowest BCUT2D eigenvalue weighted by atomic mass is 9.70. The molecule has 2 bridgehead atoms. The first-order valence-electron chi connectivity index (χ1n) is 13.2. The largest absolute Gasteiger partial charge is 0.396 e. The van der Waals surface area contributed by atoms with Crippen molar-refractivity contribution in [1.82, 2.24) is 10.2 Å². The second kappa shape index (κ2) is 10.8. The minimum atomic E-state index is -1.11. The molecule has 202 valence electrons. The Kier molecular flexibility index (Phi) is 7.62. The van der Waals surface area contributed by atoms with Crippen molar-refractivity contribution in [2.24, 2.45) is 11.8 Å². The van der Waals surface area contributed by atoms with Crippen molar-refractivity contribution >= 4 is 39.3 Å². The van der Waals surface area contributed by atoms with E-state index in [4.69, 9.17) is 4.74 Å². The Morgan fingerprint density at radius 2 is 1.89 bits per heavy atom. The summed E-state index contributed by atoms with van der Waals surface area (Å²) in [6, 6.07) is 14.6. The van der Waals surface area contributed by atoms with Gasteiger partial charge in [0.15, 0.2) is 0 Å². The highest BCUT2D eigenvalue weighted by atomic mass is 79.9. The van der Waals surface area contributed by atoms with Crippen molar-refractivity contribution in [3.63, 3.8) is 0 Å². The van der Waals surface area contributed by atoms with Gasteiger partial charge in [0.25, 0.3) is 0 Å². The molecule has 3 unspecified atom stereocenters. The number of alkyl halides is 1. The quantitative estimate of drug-likeness (QED) is 0.310. The first kappa shape index (κ1) is 26.8. The van der Waals surface area contributed by atoms with E-state index in [0.29, 0.717) is 38.0 Å². The van der Waals surface area contributed by atoms with Crippen LogP contribution >= 0.6 is 15.9 Å². The van der Waals surface area contributed by atoms with Gasteiger partial charge >= 0.3 is 0 Å². The van der Waals surface area contributed by atoms with Crippen molar-refractivity contribution in [2.75, 3.05) is 18.5 Å². The van der Waals surface area contributed by atoms with Crippen LogP contribution in [-0.2, 0) is 25.7 Å². The van der Waals surface area contributed by atoms with Crippen LogP contribution in [0.4, 0.5) is 5.69 Å². The van der Waals surface area contributed by atoms with Crippen molar-refractivity contribution in [3.8, 4) is 0 Å². The average Bonchev–Trinajstić information content (AvgIpc) is 3.49. The minimum Gasteiger partial charge on any atom is -0.396 e. The molecular formula is C29H34BrN3O5. The Morgan fingerprint density at radius 1 is 1.13 bits per heavy atom. The van der Waals surface area contributed by atoms with E-state index < -0.39 is 29.6 Å². The van der Waals surface area contributed by atoms with Crippen LogP contribution in [0, 0.1) is 25.7 Å². The van der Waals surface area contributed by atoms with Gasteiger partial charge in [0.1, 0.15) is 11.6 Å². The van der Waals surface area contributed by atoms with E-state index in [0.717, 1.165) is 16.7 Å². The molecule has 1 spiro atoms. The summed E-state index contributed by atoms with van der Waals surface area (Å²) in [5, 5.41) is 15.4. The summed E-state index contributed by atoms with van der Waals surface area (Å²) in [7, 11) is 0. The number of amides is 3. The fourth-order valence-corrected chi connectivity index (χ4v) is 7.28. The van der Waals surface area contributed by atoms with E-state index in [1.807, 2.05) is 62.4 Å². The highest BCUT2D eigenvalue weighted by Crippen LogP contribution is 2.60. The second-order valence-electron chi connectivity index (χ2n) is 10.6. The number of rotatable bonds is 9. The van der Waals surface area contributed by atoms with Gasteiger partial charge in [-0.25, -0.2) is 0 Å². The van der Waals surface area contributed by atoms with Crippen LogP contribution in [0.1, 0.15) is 36.0 Å². The molecule has 8 nitrogen and oxygen atoms in total. The first-order chi connectivity index (χ1) is 18.3. The van der Waals surface area contributed by atoms with Crippen LogP contribution in [-0.4, -0.2) is 63.5 Å². The van der Waals surface area contributed by atoms with Gasteiger partial charge in [-0.15, -0.1) is 0 Å². The number of aryl methyl sites for hydroxylation is 2. The van der Waals surface area contributed by atoms with Gasteiger partial charge < -0.3 is 25.4 Å². The fraction of sp³-hybridized carbons (Fsp3) is 0.483. The molecule has 0 aliphatic carbocycles. The maximum Gasteiger partial charge on any atom is 0.250 e. The van der Waals surface area contributed by atoms with Crippen LogP contribution in [0.5, 0.6) is 0 Å². The molecule has 3 fully saturated rings. The summed E-state index contributed by atoms with van der Waals surface area (Å²) >= 11 is 3.70. The summed E-state index contributed by atoms with van der Waals surface area (Å²) in [4.78, 5) is 42.9. The third kappa shape index (κ3) is 4.65. The van der Waals surface area contributed by atoms with Crippen LogP contribution in [0.3, 0.4) is 0 Å². The monoisotopic (exact) mass is 583 g/mol. The minimum absolute atomic E-state index is 0.00250. The Bertz CT molecular complexity index is 1220. The third-order valence-corrected chi connectivity index (χ3v) is 8.95. The molecule has 2 aromatic rings. The number of likely N-dealkylation sites (tertiary alicyclic amines) is 1. The number of fused-ring (bicyclic) bond motifs is 1. The molecule has 2 aromatic carbocycles. The Balaban J connectivity index is 1.45. The molecule has 3 amide bonds. The van der Waals surface area contributed by atoms with E-state index in [1.165, 1.54) is 0 Å². The number of aliphatic hydroxyl groups excluding tert-OH is 1. The topological polar surface area (TPSA) is 108 Å². The summed E-state index contributed by atoms with van der Waals surface area (Å²) < 4.78 is 6.53. The maximum atomic E-state index is 14.0. The van der Waals surface area contributed by atoms with Crippen molar-refractivity contribution in [3.05, 3.63) is 65.2 Å². The summed E-state index contributed by atoms with van der Waals surface area (Å²) in [6.45, 7) is 4.54. The van der Waals surface area contributed by atoms with E-state index >= 15 is 0 Å². The number of nitrogens with zero attached hydrogens (tertiary/aromatic N) is 1.